The van der Waals surface area contributed by atoms with Crippen molar-refractivity contribution in [2.24, 2.45) is 5.92 Å². The second kappa shape index (κ2) is 10.9. The third-order valence-electron chi connectivity index (χ3n) is 7.30. The van der Waals surface area contributed by atoms with Gasteiger partial charge in [0.2, 0.25) is 15.9 Å². The minimum atomic E-state index is -3.86. The summed E-state index contributed by atoms with van der Waals surface area (Å²) < 4.78 is 33.8. The van der Waals surface area contributed by atoms with Crippen molar-refractivity contribution in [3.63, 3.8) is 0 Å². The average Bonchev–Trinajstić information content (AvgIpc) is 2.91. The van der Waals surface area contributed by atoms with E-state index in [1.54, 1.807) is 49.7 Å². The van der Waals surface area contributed by atoms with Crippen LogP contribution in [0.5, 0.6) is 0 Å². The molecular weight excluding hydrogens is 512 g/mol. The summed E-state index contributed by atoms with van der Waals surface area (Å²) in [5.74, 6) is 1.14. The van der Waals surface area contributed by atoms with E-state index >= 15 is 0 Å². The van der Waals surface area contributed by atoms with Crippen molar-refractivity contribution < 1.29 is 17.9 Å². The van der Waals surface area contributed by atoms with E-state index in [1.807, 2.05) is 23.1 Å². The molecule has 2 saturated heterocycles. The number of amides is 1. The normalized spacial score (nSPS) is 20.1. The van der Waals surface area contributed by atoms with Crippen LogP contribution in [0, 0.1) is 5.92 Å². The van der Waals surface area contributed by atoms with E-state index in [-0.39, 0.29) is 36.5 Å². The van der Waals surface area contributed by atoms with Gasteiger partial charge in [-0.15, -0.1) is 0 Å². The smallest absolute Gasteiger partial charge is 0.243 e. The van der Waals surface area contributed by atoms with Gasteiger partial charge in [0.05, 0.1) is 24.1 Å². The summed E-state index contributed by atoms with van der Waals surface area (Å²) in [6.07, 6.45) is 3.70. The van der Waals surface area contributed by atoms with Crippen molar-refractivity contribution in [2.75, 3.05) is 51.3 Å². The molecule has 196 valence electrons. The number of pyridine rings is 1. The average molecular weight is 543 g/mol. The van der Waals surface area contributed by atoms with Crippen LogP contribution in [0.15, 0.2) is 65.7 Å². The van der Waals surface area contributed by atoms with Crippen LogP contribution in [0.25, 0.3) is 10.8 Å². The van der Waals surface area contributed by atoms with E-state index < -0.39 is 10.0 Å². The summed E-state index contributed by atoms with van der Waals surface area (Å²) in [5.41, 5.74) is 0. The monoisotopic (exact) mass is 542 g/mol. The lowest BCUT2D eigenvalue weighted by Gasteiger charge is -2.43. The second-order valence-corrected chi connectivity index (χ2v) is 12.1. The van der Waals surface area contributed by atoms with Gasteiger partial charge in [-0.05, 0) is 65.9 Å². The quantitative estimate of drug-likeness (QED) is 0.453. The van der Waals surface area contributed by atoms with Crippen molar-refractivity contribution in [1.82, 2.24) is 14.2 Å². The number of piperazine rings is 1. The second-order valence-electron chi connectivity index (χ2n) is 9.72. The van der Waals surface area contributed by atoms with Gasteiger partial charge in [-0.1, -0.05) is 29.8 Å². The number of ether oxygens (including phenoxy) is 1. The molecule has 0 spiro atoms. The number of hydrogen-bond donors (Lipinski definition) is 0. The fourth-order valence-corrected chi connectivity index (χ4v) is 6.92. The number of carbonyl (C=O) groups excluding carboxylic acids is 1. The van der Waals surface area contributed by atoms with Crippen molar-refractivity contribution in [1.29, 1.82) is 0 Å². The van der Waals surface area contributed by atoms with Crippen molar-refractivity contribution >= 4 is 44.1 Å². The first kappa shape index (κ1) is 25.9. The molecular formula is C27H31ClN4O4S. The largest absolute Gasteiger partial charge is 0.382 e. The number of piperidine rings is 1. The van der Waals surface area contributed by atoms with E-state index in [1.165, 1.54) is 4.31 Å². The standard InChI is InChI=1S/C27H31ClN4O4S/c1-36-19-24-17-31(37(34,35)25-8-6-21-14-23(28)7-5-22(21)15-25)18-27(33)32(24)16-20-9-12-30(13-10-20)26-4-2-3-11-29-26/h2-8,11,14-15,20,24H,9-10,12-13,16-19H2,1H3/t24-/m0/s1. The van der Waals surface area contributed by atoms with Gasteiger partial charge in [-0.3, -0.25) is 4.79 Å². The van der Waals surface area contributed by atoms with Crippen LogP contribution in [-0.4, -0.2) is 81.0 Å². The molecule has 1 amide bonds. The summed E-state index contributed by atoms with van der Waals surface area (Å²) in [6, 6.07) is 15.9. The minimum absolute atomic E-state index is 0.168. The van der Waals surface area contributed by atoms with Crippen LogP contribution in [0.1, 0.15) is 12.8 Å². The van der Waals surface area contributed by atoms with E-state index in [0.717, 1.165) is 42.5 Å². The number of methoxy groups -OCH3 is 1. The third kappa shape index (κ3) is 5.60. The molecule has 2 aliphatic rings. The van der Waals surface area contributed by atoms with Gasteiger partial charge in [0.25, 0.3) is 0 Å². The number of anilines is 1. The summed E-state index contributed by atoms with van der Waals surface area (Å²) in [4.78, 5) is 22.0. The zero-order valence-corrected chi connectivity index (χ0v) is 22.4. The number of aromatic nitrogens is 1. The van der Waals surface area contributed by atoms with Gasteiger partial charge in [0, 0.05) is 44.5 Å². The Balaban J connectivity index is 1.28. The van der Waals surface area contributed by atoms with Crippen LogP contribution < -0.4 is 4.90 Å². The van der Waals surface area contributed by atoms with E-state index in [0.29, 0.717) is 17.5 Å². The van der Waals surface area contributed by atoms with Gasteiger partial charge in [-0.2, -0.15) is 4.31 Å². The Labute approximate surface area is 222 Å². The number of fused-ring (bicyclic) bond motifs is 1. The lowest BCUT2D eigenvalue weighted by atomic mass is 9.95. The number of hydrogen-bond acceptors (Lipinski definition) is 6. The predicted octanol–water partition coefficient (Wildman–Crippen LogP) is 3.65. The van der Waals surface area contributed by atoms with Gasteiger partial charge in [0.1, 0.15) is 5.82 Å². The van der Waals surface area contributed by atoms with Crippen LogP contribution in [-0.2, 0) is 19.6 Å². The maximum absolute atomic E-state index is 13.5. The van der Waals surface area contributed by atoms with Gasteiger partial charge in [0.15, 0.2) is 0 Å². The highest BCUT2D eigenvalue weighted by atomic mass is 35.5. The molecule has 1 aromatic heterocycles. The molecule has 37 heavy (non-hydrogen) atoms. The van der Waals surface area contributed by atoms with Crippen molar-refractivity contribution in [3.05, 3.63) is 65.8 Å². The molecule has 3 aromatic rings. The molecule has 0 radical (unpaired) electrons. The number of sulfonamides is 1. The maximum atomic E-state index is 13.5. The Kier molecular flexibility index (Phi) is 7.67. The number of benzene rings is 2. The molecule has 2 fully saturated rings. The number of rotatable bonds is 7. The van der Waals surface area contributed by atoms with E-state index in [9.17, 15) is 13.2 Å². The SMILES string of the molecule is COC[C@@H]1CN(S(=O)(=O)c2ccc3cc(Cl)ccc3c2)CC(=O)N1CC1CCN(c2ccccn2)CC1. The Morgan fingerprint density at radius 3 is 2.54 bits per heavy atom. The number of nitrogens with zero attached hydrogens (tertiary/aromatic N) is 4. The molecule has 0 saturated carbocycles. The Hall–Kier alpha value is -2.72. The first-order valence-corrected chi connectivity index (χ1v) is 14.3. The topological polar surface area (TPSA) is 83.0 Å². The molecule has 1 atom stereocenters. The zero-order valence-electron chi connectivity index (χ0n) is 20.8. The predicted molar refractivity (Wildman–Crippen MR) is 144 cm³/mol. The molecule has 0 bridgehead atoms. The highest BCUT2D eigenvalue weighted by Crippen LogP contribution is 2.28. The summed E-state index contributed by atoms with van der Waals surface area (Å²) in [5, 5.41) is 2.23. The first-order chi connectivity index (χ1) is 17.8. The lowest BCUT2D eigenvalue weighted by Crippen LogP contribution is -2.60. The van der Waals surface area contributed by atoms with E-state index in [2.05, 4.69) is 9.88 Å². The molecule has 2 aromatic carbocycles. The Morgan fingerprint density at radius 1 is 1.05 bits per heavy atom. The van der Waals surface area contributed by atoms with Crippen molar-refractivity contribution in [3.8, 4) is 0 Å². The molecule has 0 unspecified atom stereocenters. The maximum Gasteiger partial charge on any atom is 0.243 e. The van der Waals surface area contributed by atoms with E-state index in [4.69, 9.17) is 16.3 Å². The molecule has 5 rings (SSSR count). The highest BCUT2D eigenvalue weighted by Gasteiger charge is 2.39. The Morgan fingerprint density at radius 2 is 1.81 bits per heavy atom. The zero-order chi connectivity index (χ0) is 26.0. The highest BCUT2D eigenvalue weighted by molar-refractivity contribution is 7.89. The molecule has 8 nitrogen and oxygen atoms in total. The lowest BCUT2D eigenvalue weighted by molar-refractivity contribution is -0.140. The number of halogens is 1. The minimum Gasteiger partial charge on any atom is -0.382 e. The van der Waals surface area contributed by atoms with Crippen LogP contribution >= 0.6 is 11.6 Å². The fourth-order valence-electron chi connectivity index (χ4n) is 5.28. The van der Waals surface area contributed by atoms with Crippen LogP contribution in [0.3, 0.4) is 0 Å². The first-order valence-electron chi connectivity index (χ1n) is 12.5. The van der Waals surface area contributed by atoms with Gasteiger partial charge in [-0.25, -0.2) is 13.4 Å². The third-order valence-corrected chi connectivity index (χ3v) is 9.34. The molecule has 2 aliphatic heterocycles. The molecule has 0 aliphatic carbocycles. The van der Waals surface area contributed by atoms with Crippen LogP contribution in [0.4, 0.5) is 5.82 Å². The molecule has 3 heterocycles. The summed E-state index contributed by atoms with van der Waals surface area (Å²) in [6.45, 7) is 2.67. The molecule has 10 heteroatoms. The number of carbonyl (C=O) groups is 1. The van der Waals surface area contributed by atoms with Gasteiger partial charge < -0.3 is 14.5 Å². The summed E-state index contributed by atoms with van der Waals surface area (Å²) >= 11 is 6.06. The van der Waals surface area contributed by atoms with Crippen molar-refractivity contribution in [2.45, 2.75) is 23.8 Å². The summed E-state index contributed by atoms with van der Waals surface area (Å²) in [7, 11) is -2.28. The Bertz CT molecular complexity index is 1360. The van der Waals surface area contributed by atoms with Gasteiger partial charge >= 0.3 is 0 Å². The molecule has 0 N–H and O–H groups in total. The van der Waals surface area contributed by atoms with Crippen LogP contribution in [0.2, 0.25) is 5.02 Å². The fraction of sp³-hybridized carbons (Fsp3) is 0.407.